The molecule has 0 saturated carbocycles. The number of nitrogens with one attached hydrogen (secondary N) is 1. The van der Waals surface area contributed by atoms with Gasteiger partial charge in [-0.1, -0.05) is 84.6 Å². The maximum absolute atomic E-state index is 14.2. The Morgan fingerprint density at radius 3 is 1.13 bits per heavy atom. The van der Waals surface area contributed by atoms with Gasteiger partial charge in [0.15, 0.2) is 31.2 Å². The van der Waals surface area contributed by atoms with Crippen molar-refractivity contribution in [1.29, 1.82) is 0 Å². The van der Waals surface area contributed by atoms with Crippen molar-refractivity contribution >= 4 is 37.1 Å². The van der Waals surface area contributed by atoms with Crippen molar-refractivity contribution in [2.24, 2.45) is 0 Å². The van der Waals surface area contributed by atoms with Crippen LogP contribution in [0.5, 0.6) is 0 Å². The van der Waals surface area contributed by atoms with Crippen molar-refractivity contribution in [3.8, 4) is 33.8 Å². The number of aromatic nitrogens is 6. The van der Waals surface area contributed by atoms with E-state index in [9.17, 15) is 27.9 Å². The minimum Gasteiger partial charge on any atom is -0.444 e. The number of carbonyl (C=O) groups is 2. The molecule has 0 radical (unpaired) electrons. The van der Waals surface area contributed by atoms with Gasteiger partial charge in [-0.05, 0) is 253 Å². The van der Waals surface area contributed by atoms with Crippen molar-refractivity contribution in [2.75, 3.05) is 85.8 Å². The molecule has 3 aromatic carbocycles. The first-order chi connectivity index (χ1) is 53.5. The number of ether oxygens (including phenoxy) is 4. The third-order valence-electron chi connectivity index (χ3n) is 24.3. The lowest BCUT2D eigenvalue weighted by Gasteiger charge is -2.48. The van der Waals surface area contributed by atoms with E-state index < -0.39 is 53.0 Å². The highest BCUT2D eigenvalue weighted by Crippen LogP contribution is 2.50. The molecule has 1 unspecified atom stereocenters. The number of hydrogen-bond acceptors (Lipinski definition) is 16. The molecule has 5 aliphatic rings. The molecule has 2 amide bonds. The third kappa shape index (κ3) is 26.0. The van der Waals surface area contributed by atoms with Crippen molar-refractivity contribution in [2.45, 2.75) is 319 Å². The molecule has 0 aliphatic carbocycles. The summed E-state index contributed by atoms with van der Waals surface area (Å²) in [4.78, 5) is 47.3. The molecular weight excluding hydrogens is 1550 g/mol. The summed E-state index contributed by atoms with van der Waals surface area (Å²) in [7, 11) is -5.60. The number of hydrogen-bond donors (Lipinski definition) is 3. The summed E-state index contributed by atoms with van der Waals surface area (Å²) in [6, 6.07) is 15.4. The molecule has 27 heteroatoms. The Morgan fingerprint density at radius 2 is 0.831 bits per heavy atom. The molecule has 6 aromatic rings. The van der Waals surface area contributed by atoms with E-state index in [0.29, 0.717) is 93.9 Å². The fraction of sp³-hybridized carbons (Fsp3) is 0.681. The zero-order valence-electron chi connectivity index (χ0n) is 74.4. The SMILES string of the molecule is C.C.C.CO.Cc1cc(-c2cn(CCN3CCC3)c(C3(O[Si](C)(C)C(C)(C)C)CCNCC3)n2)ccc1F.Cc1cc(-c2cn(CCO)c(C3(O[Si](C)(C)C(C)(C)C)CCN(C(=O)OC(C)(C)C)CC3)n2)ccc1F.Cc1cc(-c2cn(CCOC3CCCCO3)c(C3(O[Si](C)(C)C(C)(C)C)CCN(C(=O)OC(C)(C)C)CC3)n2)ccc1F. The number of likely N-dealkylation sites (tertiary alicyclic amines) is 3. The van der Waals surface area contributed by atoms with Gasteiger partial charge in [-0.25, -0.2) is 37.7 Å². The summed E-state index contributed by atoms with van der Waals surface area (Å²) in [5, 5.41) is 20.5. The van der Waals surface area contributed by atoms with Gasteiger partial charge in [0.05, 0.1) is 30.3 Å². The Hall–Kier alpha value is -6.09. The van der Waals surface area contributed by atoms with Gasteiger partial charge in [-0.2, -0.15) is 0 Å². The third-order valence-corrected chi connectivity index (χ3v) is 37.8. The summed E-state index contributed by atoms with van der Waals surface area (Å²) < 4.78 is 93.5. The Morgan fingerprint density at radius 1 is 0.492 bits per heavy atom. The predicted molar refractivity (Wildman–Crippen MR) is 479 cm³/mol. The molecule has 0 bridgehead atoms. The van der Waals surface area contributed by atoms with Crippen LogP contribution >= 0.6 is 0 Å². The van der Waals surface area contributed by atoms with E-state index in [0.717, 1.165) is 118 Å². The minimum atomic E-state index is -2.29. The van der Waals surface area contributed by atoms with Crippen LogP contribution in [-0.2, 0) is 68.7 Å². The molecule has 1 atom stereocenters. The van der Waals surface area contributed by atoms with Crippen LogP contribution in [0.3, 0.4) is 0 Å². The monoisotopic (exact) mass is 1700 g/mol. The van der Waals surface area contributed by atoms with Crippen LogP contribution in [0.2, 0.25) is 54.4 Å². The van der Waals surface area contributed by atoms with Crippen LogP contribution in [-0.4, -0.2) is 194 Å². The lowest BCUT2D eigenvalue weighted by Crippen LogP contribution is -2.54. The van der Waals surface area contributed by atoms with Crippen LogP contribution in [0.25, 0.3) is 33.8 Å². The molecule has 666 valence electrons. The summed E-state index contributed by atoms with van der Waals surface area (Å²) in [6.07, 6.45) is 13.8. The number of rotatable bonds is 21. The van der Waals surface area contributed by atoms with Gasteiger partial charge in [0.2, 0.25) is 0 Å². The van der Waals surface area contributed by atoms with Crippen LogP contribution in [0.15, 0.2) is 73.2 Å². The molecule has 118 heavy (non-hydrogen) atoms. The summed E-state index contributed by atoms with van der Waals surface area (Å²) in [6.45, 7) is 60.6. The Balaban J connectivity index is 0.000000310. The zero-order chi connectivity index (χ0) is 85.3. The Kier molecular flexibility index (Phi) is 35.9. The first kappa shape index (κ1) is 102. The first-order valence-electron chi connectivity index (χ1n) is 41.8. The fourth-order valence-electron chi connectivity index (χ4n) is 14.4. The second kappa shape index (κ2) is 41.4. The van der Waals surface area contributed by atoms with E-state index in [1.807, 2.05) is 83.6 Å². The molecule has 8 heterocycles. The maximum Gasteiger partial charge on any atom is 0.410 e. The zero-order valence-corrected chi connectivity index (χ0v) is 77.4. The number of aliphatic hydroxyl groups is 2. The highest BCUT2D eigenvalue weighted by Gasteiger charge is 2.53. The largest absolute Gasteiger partial charge is 0.444 e. The standard InChI is InChI=1S/C33H52FN3O5Si.C28H44FN3O4Si.C26H41FN4OSi.CH4O.3CH4/c1-24-22-25(13-14-26(24)34)27-23-37(19-21-40-28-12-10-11-20-39-28)29(35-27)33(42-43(8,9)32(5,6)7)15-17-36(18-16-33)30(38)41-31(2,3)4;1-20-18-21(10-11-22(20)29)23-19-32(16-17-33)24(30-23)28(36-37(8,9)27(5,6)7)12-14-31(15-13-28)25(34)35-26(2,3)4;1-20-18-21(8-9-22(20)27)23-19-31(17-16-30-14-7-15-30)24(29-23)26(10-12-28-13-11-26)32-33(5,6)25(2,3)4;1-2;;;/h13-14,22-23,28H,10-12,15-21H2,1-9H3;10-11,18-19,33H,12-17H2,1-9H3;8-9,18-19,28H,7,10-17H2,1-6H3;2H,1H3;3*1H4. The average molecular weight is 1700 g/mol. The smallest absolute Gasteiger partial charge is 0.410 e. The maximum atomic E-state index is 14.2. The van der Waals surface area contributed by atoms with E-state index in [4.69, 9.17) is 52.3 Å². The normalized spacial score (nSPS) is 18.0. The van der Waals surface area contributed by atoms with Crippen LogP contribution < -0.4 is 5.32 Å². The van der Waals surface area contributed by atoms with Gasteiger partial charge < -0.3 is 76.2 Å². The molecule has 5 aliphatic heterocycles. The summed E-state index contributed by atoms with van der Waals surface area (Å²) in [5.41, 5.74) is 3.82. The number of piperidine rings is 3. The van der Waals surface area contributed by atoms with Gasteiger partial charge >= 0.3 is 12.2 Å². The lowest BCUT2D eigenvalue weighted by atomic mass is 9.90. The van der Waals surface area contributed by atoms with Crippen LogP contribution in [0, 0.1) is 38.2 Å². The number of halogens is 3. The Bertz CT molecular complexity index is 4170. The fourth-order valence-corrected chi connectivity index (χ4v) is 19.1. The topological polar surface area (TPSA) is 214 Å². The van der Waals surface area contributed by atoms with Crippen molar-refractivity contribution in [1.82, 2.24) is 48.7 Å². The molecule has 0 spiro atoms. The van der Waals surface area contributed by atoms with Gasteiger partial charge in [-0.15, -0.1) is 0 Å². The van der Waals surface area contributed by atoms with E-state index >= 15 is 0 Å². The van der Waals surface area contributed by atoms with Gasteiger partial charge in [0.25, 0.3) is 0 Å². The van der Waals surface area contributed by atoms with Crippen molar-refractivity contribution < 1.29 is 65.2 Å². The minimum absolute atomic E-state index is 0. The number of carbonyl (C=O) groups excluding carboxylic acids is 2. The van der Waals surface area contributed by atoms with Crippen LogP contribution in [0.4, 0.5) is 22.8 Å². The number of nitrogens with zero attached hydrogens (tertiary/aromatic N) is 9. The average Bonchev–Trinajstić information content (AvgIpc) is 1.54. The number of aryl methyl sites for hydroxylation is 3. The van der Waals surface area contributed by atoms with Gasteiger partial charge in [-0.3, -0.25) is 0 Å². The number of imidazole rings is 3. The predicted octanol–water partition coefficient (Wildman–Crippen LogP) is 20.8. The van der Waals surface area contributed by atoms with Crippen LogP contribution in [0.1, 0.15) is 225 Å². The molecular formula is C91H153F3N10O11Si3. The second-order valence-corrected chi connectivity index (χ2v) is 52.8. The van der Waals surface area contributed by atoms with Gasteiger partial charge in [0, 0.05) is 127 Å². The highest BCUT2D eigenvalue weighted by atomic mass is 28.4. The lowest BCUT2D eigenvalue weighted by molar-refractivity contribution is -0.163. The Labute approximate surface area is 711 Å². The van der Waals surface area contributed by atoms with Crippen molar-refractivity contribution in [3.63, 3.8) is 0 Å². The second-order valence-electron chi connectivity index (χ2n) is 38.7. The molecule has 11 rings (SSSR count). The molecule has 5 fully saturated rings. The molecule has 3 aromatic heterocycles. The number of amides is 2. The number of aliphatic hydroxyl groups excluding tert-OH is 2. The molecule has 21 nitrogen and oxygen atoms in total. The van der Waals surface area contributed by atoms with E-state index in [1.54, 1.807) is 47.9 Å². The quantitative estimate of drug-likeness (QED) is 0.0571. The van der Waals surface area contributed by atoms with Crippen molar-refractivity contribution in [3.05, 3.63) is 125 Å². The first-order valence-corrected chi connectivity index (χ1v) is 50.5. The molecule has 3 N–H and O–H groups in total. The number of benzene rings is 3. The van der Waals surface area contributed by atoms with E-state index in [-0.39, 0.29) is 79.9 Å². The van der Waals surface area contributed by atoms with E-state index in [1.165, 1.54) is 31.6 Å². The summed E-state index contributed by atoms with van der Waals surface area (Å²) in [5.74, 6) is 1.94. The summed E-state index contributed by atoms with van der Waals surface area (Å²) >= 11 is 0. The molecule has 5 saturated heterocycles. The van der Waals surface area contributed by atoms with Gasteiger partial charge in [0.1, 0.15) is 62.9 Å². The highest BCUT2D eigenvalue weighted by molar-refractivity contribution is 6.75. The van der Waals surface area contributed by atoms with E-state index in [2.05, 4.69) is 127 Å².